The van der Waals surface area contributed by atoms with Gasteiger partial charge in [0, 0.05) is 44.3 Å². The molecule has 0 bridgehead atoms. The Hall–Kier alpha value is -3.31. The number of aryl methyl sites for hydroxylation is 1. The Bertz CT molecular complexity index is 1280. The minimum atomic E-state index is -3.60. The van der Waals surface area contributed by atoms with E-state index in [-0.39, 0.29) is 16.8 Å². The van der Waals surface area contributed by atoms with E-state index in [2.05, 4.69) is 25.7 Å². The number of aliphatic hydroxyl groups is 1. The van der Waals surface area contributed by atoms with Crippen molar-refractivity contribution in [3.05, 3.63) is 42.2 Å². The quantitative estimate of drug-likeness (QED) is 0.526. The zero-order chi connectivity index (χ0) is 22.4. The molecule has 0 aliphatic heterocycles. The van der Waals surface area contributed by atoms with Crippen molar-refractivity contribution < 1.29 is 18.3 Å². The Kier molecular flexibility index (Phi) is 5.02. The van der Waals surface area contributed by atoms with Gasteiger partial charge in [0.2, 0.25) is 5.91 Å². The molecule has 0 saturated heterocycles. The van der Waals surface area contributed by atoms with Crippen molar-refractivity contribution in [2.45, 2.75) is 30.4 Å². The number of anilines is 3. The molecule has 0 radical (unpaired) electrons. The van der Waals surface area contributed by atoms with Crippen LogP contribution in [0.15, 0.2) is 41.7 Å². The van der Waals surface area contributed by atoms with Crippen LogP contribution in [0.5, 0.6) is 0 Å². The molecule has 0 atom stereocenters. The first-order chi connectivity index (χ1) is 14.5. The first-order valence-corrected chi connectivity index (χ1v) is 11.4. The number of aromatic nitrogens is 4. The summed E-state index contributed by atoms with van der Waals surface area (Å²) in [6, 6.07) is 6.45. The van der Waals surface area contributed by atoms with E-state index in [0.717, 1.165) is 6.26 Å². The first kappa shape index (κ1) is 20.9. The molecule has 162 valence electrons. The number of nitrogens with zero attached hydrogens (tertiary/aromatic N) is 4. The zero-order valence-electron chi connectivity index (χ0n) is 17.2. The normalized spacial score (nSPS) is 14.8. The summed E-state index contributed by atoms with van der Waals surface area (Å²) in [6.07, 6.45) is 5.53. The second-order valence-electron chi connectivity index (χ2n) is 7.68. The van der Waals surface area contributed by atoms with Crippen LogP contribution in [0.1, 0.15) is 25.3 Å². The summed E-state index contributed by atoms with van der Waals surface area (Å²) in [7, 11) is -1.82. The lowest BCUT2D eigenvalue weighted by molar-refractivity contribution is -0.114. The van der Waals surface area contributed by atoms with Crippen molar-refractivity contribution >= 4 is 33.1 Å². The Morgan fingerprint density at radius 3 is 2.55 bits per heavy atom. The van der Waals surface area contributed by atoms with Crippen LogP contribution in [0, 0.1) is 0 Å². The monoisotopic (exact) mass is 442 g/mol. The smallest absolute Gasteiger partial charge is 0.222 e. The van der Waals surface area contributed by atoms with Gasteiger partial charge in [-0.2, -0.15) is 5.10 Å². The largest absolute Gasteiger partial charge is 0.385 e. The van der Waals surface area contributed by atoms with Gasteiger partial charge < -0.3 is 15.7 Å². The molecule has 0 unspecified atom stereocenters. The Labute approximate surface area is 179 Å². The number of rotatable bonds is 6. The summed E-state index contributed by atoms with van der Waals surface area (Å²) in [5.41, 5.74) is 1.23. The summed E-state index contributed by atoms with van der Waals surface area (Å²) in [5.74, 6) is 0.282. The number of sulfone groups is 1. The maximum atomic E-state index is 12.2. The van der Waals surface area contributed by atoms with Crippen LogP contribution in [-0.4, -0.2) is 45.4 Å². The molecule has 1 aliphatic rings. The van der Waals surface area contributed by atoms with Crippen molar-refractivity contribution in [1.82, 2.24) is 19.7 Å². The highest BCUT2D eigenvalue weighted by molar-refractivity contribution is 7.90. The lowest BCUT2D eigenvalue weighted by Crippen LogP contribution is -2.11. The van der Waals surface area contributed by atoms with Gasteiger partial charge in [-0.3, -0.25) is 9.48 Å². The SMILES string of the molecule is CC(=O)Nc1cc(Nc2cc(C3(O)CC3)cc(S(C)(=O)=O)n2)c(-c2ccn(C)n2)cn1. The molecule has 1 aliphatic carbocycles. The van der Waals surface area contributed by atoms with Gasteiger partial charge in [-0.15, -0.1) is 0 Å². The Morgan fingerprint density at radius 1 is 1.23 bits per heavy atom. The van der Waals surface area contributed by atoms with Crippen LogP contribution in [0.25, 0.3) is 11.3 Å². The minimum Gasteiger partial charge on any atom is -0.385 e. The fraction of sp³-hybridized carbons (Fsp3) is 0.300. The van der Waals surface area contributed by atoms with E-state index < -0.39 is 15.4 Å². The highest BCUT2D eigenvalue weighted by atomic mass is 32.2. The van der Waals surface area contributed by atoms with Crippen LogP contribution in [0.2, 0.25) is 0 Å². The number of amides is 1. The van der Waals surface area contributed by atoms with E-state index >= 15 is 0 Å². The van der Waals surface area contributed by atoms with Gasteiger partial charge >= 0.3 is 0 Å². The third-order valence-corrected chi connectivity index (χ3v) is 5.87. The van der Waals surface area contributed by atoms with Gasteiger partial charge in [0.1, 0.15) is 11.6 Å². The van der Waals surface area contributed by atoms with E-state index in [1.54, 1.807) is 42.3 Å². The zero-order valence-corrected chi connectivity index (χ0v) is 18.1. The number of hydrogen-bond acceptors (Lipinski definition) is 8. The van der Waals surface area contributed by atoms with Gasteiger partial charge in [0.05, 0.1) is 17.0 Å². The molecule has 3 heterocycles. The van der Waals surface area contributed by atoms with Gasteiger partial charge in [-0.1, -0.05) is 0 Å². The highest BCUT2D eigenvalue weighted by Crippen LogP contribution is 2.46. The van der Waals surface area contributed by atoms with Gasteiger partial charge in [-0.05, 0) is 36.6 Å². The molecule has 3 N–H and O–H groups in total. The number of carbonyl (C=O) groups is 1. The van der Waals surface area contributed by atoms with E-state index in [1.807, 2.05) is 0 Å². The average Bonchev–Trinajstić information content (AvgIpc) is 3.29. The van der Waals surface area contributed by atoms with Gasteiger partial charge in [-0.25, -0.2) is 18.4 Å². The number of pyridine rings is 2. The van der Waals surface area contributed by atoms with E-state index in [4.69, 9.17) is 0 Å². The first-order valence-electron chi connectivity index (χ1n) is 9.53. The van der Waals surface area contributed by atoms with E-state index in [0.29, 0.717) is 41.2 Å². The van der Waals surface area contributed by atoms with E-state index in [1.165, 1.54) is 13.0 Å². The molecule has 31 heavy (non-hydrogen) atoms. The summed E-state index contributed by atoms with van der Waals surface area (Å²) >= 11 is 0. The summed E-state index contributed by atoms with van der Waals surface area (Å²) in [4.78, 5) is 19.9. The molecule has 0 aromatic carbocycles. The fourth-order valence-corrected chi connectivity index (χ4v) is 3.75. The third kappa shape index (κ3) is 4.57. The second kappa shape index (κ2) is 7.43. The standard InChI is InChI=1S/C20H22N6O4S/c1-12(27)22-17-10-16(14(11-21-17)15-4-7-26(2)25-15)23-18-8-13(20(28)5-6-20)9-19(24-18)31(3,29)30/h4,7-11,28H,5-6H2,1-3H3,(H2,21,22,23,24,27). The fourth-order valence-electron chi connectivity index (χ4n) is 3.14. The van der Waals surface area contributed by atoms with Gasteiger partial charge in [0.15, 0.2) is 14.9 Å². The minimum absolute atomic E-state index is 0.136. The molecule has 0 spiro atoms. The maximum Gasteiger partial charge on any atom is 0.222 e. The highest BCUT2D eigenvalue weighted by Gasteiger charge is 2.43. The average molecular weight is 443 g/mol. The Morgan fingerprint density at radius 2 is 1.97 bits per heavy atom. The van der Waals surface area contributed by atoms with Crippen LogP contribution in [0.4, 0.5) is 17.3 Å². The molecule has 1 amide bonds. The van der Waals surface area contributed by atoms with Crippen LogP contribution < -0.4 is 10.6 Å². The number of nitrogens with one attached hydrogen (secondary N) is 2. The predicted molar refractivity (Wildman–Crippen MR) is 115 cm³/mol. The molecule has 3 aromatic heterocycles. The molecule has 11 heteroatoms. The van der Waals surface area contributed by atoms with Crippen LogP contribution >= 0.6 is 0 Å². The second-order valence-corrected chi connectivity index (χ2v) is 9.64. The molecular formula is C20H22N6O4S. The van der Waals surface area contributed by atoms with Crippen molar-refractivity contribution in [3.8, 4) is 11.3 Å². The van der Waals surface area contributed by atoms with Crippen LogP contribution in [-0.2, 0) is 27.3 Å². The van der Waals surface area contributed by atoms with Crippen molar-refractivity contribution in [2.75, 3.05) is 16.9 Å². The molecule has 4 rings (SSSR count). The van der Waals surface area contributed by atoms with Crippen molar-refractivity contribution in [2.24, 2.45) is 7.05 Å². The molecule has 3 aromatic rings. The van der Waals surface area contributed by atoms with Crippen molar-refractivity contribution in [1.29, 1.82) is 0 Å². The molecule has 1 fully saturated rings. The van der Waals surface area contributed by atoms with Crippen LogP contribution in [0.3, 0.4) is 0 Å². The summed E-state index contributed by atoms with van der Waals surface area (Å²) in [6.45, 7) is 1.38. The number of hydrogen-bond donors (Lipinski definition) is 3. The molecule has 1 saturated carbocycles. The van der Waals surface area contributed by atoms with E-state index in [9.17, 15) is 18.3 Å². The maximum absolute atomic E-state index is 12.2. The molecular weight excluding hydrogens is 420 g/mol. The predicted octanol–water partition coefficient (Wildman–Crippen LogP) is 1.96. The van der Waals surface area contributed by atoms with Crippen molar-refractivity contribution in [3.63, 3.8) is 0 Å². The third-order valence-electron chi connectivity index (χ3n) is 4.90. The topological polar surface area (TPSA) is 139 Å². The Balaban J connectivity index is 1.81. The lowest BCUT2D eigenvalue weighted by atomic mass is 10.1. The lowest BCUT2D eigenvalue weighted by Gasteiger charge is -2.15. The summed E-state index contributed by atoms with van der Waals surface area (Å²) in [5, 5.41) is 20.5. The number of carbonyl (C=O) groups excluding carboxylic acids is 1. The summed E-state index contributed by atoms with van der Waals surface area (Å²) < 4.78 is 26.0. The van der Waals surface area contributed by atoms with Gasteiger partial charge in [0.25, 0.3) is 0 Å². The molecule has 10 nitrogen and oxygen atoms in total.